The number of nitriles is 1. The molecule has 2 aromatic rings. The normalized spacial score (nSPS) is 14.3. The molecule has 150 valence electrons. The van der Waals surface area contributed by atoms with E-state index >= 15 is 0 Å². The standard InChI is InChI=1S/C22H25N5O2/c1-29-20-7-5-18(6-8-20)9-11-25-22(28)19(16-23)17-26-12-14-27(15-13-26)21-4-2-3-10-24-21/h2-8,10,17H,9,11-15H2,1H3,(H,25,28)/b19-17-. The molecule has 0 radical (unpaired) electrons. The molecule has 7 nitrogen and oxygen atoms in total. The predicted octanol–water partition coefficient (Wildman–Crippen LogP) is 1.98. The number of nitrogens with one attached hydrogen (secondary N) is 1. The number of rotatable bonds is 7. The summed E-state index contributed by atoms with van der Waals surface area (Å²) < 4.78 is 5.14. The van der Waals surface area contributed by atoms with E-state index in [0.29, 0.717) is 13.0 Å². The second-order valence-corrected chi connectivity index (χ2v) is 6.72. The number of piperazine rings is 1. The van der Waals surface area contributed by atoms with Gasteiger partial charge in [0.05, 0.1) is 7.11 Å². The van der Waals surface area contributed by atoms with Gasteiger partial charge < -0.3 is 19.9 Å². The Bertz CT molecular complexity index is 866. The highest BCUT2D eigenvalue weighted by molar-refractivity contribution is 5.97. The molecule has 0 aliphatic carbocycles. The molecular weight excluding hydrogens is 366 g/mol. The van der Waals surface area contributed by atoms with Gasteiger partial charge in [0.25, 0.3) is 5.91 Å². The van der Waals surface area contributed by atoms with Crippen molar-refractivity contribution in [2.75, 3.05) is 44.7 Å². The molecule has 1 fully saturated rings. The van der Waals surface area contributed by atoms with Crippen molar-refractivity contribution < 1.29 is 9.53 Å². The molecule has 7 heteroatoms. The lowest BCUT2D eigenvalue weighted by Crippen LogP contribution is -2.44. The highest BCUT2D eigenvalue weighted by Gasteiger charge is 2.18. The van der Waals surface area contributed by atoms with Crippen LogP contribution in [0, 0.1) is 11.3 Å². The Labute approximate surface area is 171 Å². The highest BCUT2D eigenvalue weighted by atomic mass is 16.5. The zero-order valence-electron chi connectivity index (χ0n) is 16.5. The Morgan fingerprint density at radius 1 is 1.21 bits per heavy atom. The number of hydrogen-bond donors (Lipinski definition) is 1. The lowest BCUT2D eigenvalue weighted by Gasteiger charge is -2.34. The van der Waals surface area contributed by atoms with Gasteiger partial charge >= 0.3 is 0 Å². The van der Waals surface area contributed by atoms with Crippen molar-refractivity contribution in [2.45, 2.75) is 6.42 Å². The molecule has 1 saturated heterocycles. The Hall–Kier alpha value is -3.53. The second-order valence-electron chi connectivity index (χ2n) is 6.72. The highest BCUT2D eigenvalue weighted by Crippen LogP contribution is 2.14. The van der Waals surface area contributed by atoms with Crippen LogP contribution in [-0.2, 0) is 11.2 Å². The summed E-state index contributed by atoms with van der Waals surface area (Å²) in [5.74, 6) is 1.41. The number of carbonyl (C=O) groups is 1. The van der Waals surface area contributed by atoms with Gasteiger partial charge in [0, 0.05) is 45.1 Å². The van der Waals surface area contributed by atoms with E-state index in [2.05, 4.69) is 15.2 Å². The minimum atomic E-state index is -0.340. The van der Waals surface area contributed by atoms with Gasteiger partial charge in [-0.15, -0.1) is 0 Å². The second kappa shape index (κ2) is 10.1. The molecule has 0 spiro atoms. The molecule has 29 heavy (non-hydrogen) atoms. The number of amides is 1. The van der Waals surface area contributed by atoms with Crippen molar-refractivity contribution in [2.24, 2.45) is 0 Å². The number of carbonyl (C=O) groups excluding carboxylic acids is 1. The maximum Gasteiger partial charge on any atom is 0.263 e. The van der Waals surface area contributed by atoms with Crippen LogP contribution in [0.25, 0.3) is 0 Å². The Kier molecular flexibility index (Phi) is 7.06. The van der Waals surface area contributed by atoms with E-state index in [4.69, 9.17) is 4.74 Å². The smallest absolute Gasteiger partial charge is 0.263 e. The number of pyridine rings is 1. The van der Waals surface area contributed by atoms with Crippen molar-refractivity contribution >= 4 is 11.7 Å². The molecule has 1 N–H and O–H groups in total. The summed E-state index contributed by atoms with van der Waals surface area (Å²) in [6, 6.07) is 15.6. The van der Waals surface area contributed by atoms with E-state index in [1.165, 1.54) is 0 Å². The average molecular weight is 391 g/mol. The van der Waals surface area contributed by atoms with Crippen LogP contribution >= 0.6 is 0 Å². The Morgan fingerprint density at radius 2 is 1.97 bits per heavy atom. The van der Waals surface area contributed by atoms with Crippen LogP contribution in [0.1, 0.15) is 5.56 Å². The lowest BCUT2D eigenvalue weighted by atomic mass is 10.1. The van der Waals surface area contributed by atoms with E-state index in [9.17, 15) is 10.1 Å². The summed E-state index contributed by atoms with van der Waals surface area (Å²) in [6.45, 7) is 3.54. The van der Waals surface area contributed by atoms with Crippen LogP contribution in [0.3, 0.4) is 0 Å². The molecule has 2 heterocycles. The summed E-state index contributed by atoms with van der Waals surface area (Å²) in [5, 5.41) is 12.2. The lowest BCUT2D eigenvalue weighted by molar-refractivity contribution is -0.117. The molecule has 3 rings (SSSR count). The summed E-state index contributed by atoms with van der Waals surface area (Å²) in [6.07, 6.45) is 4.14. The molecule has 1 aromatic heterocycles. The van der Waals surface area contributed by atoms with Gasteiger partial charge in [0.1, 0.15) is 23.2 Å². The SMILES string of the molecule is COc1ccc(CCNC(=O)/C(C#N)=C\N2CCN(c3ccccn3)CC2)cc1. The number of nitrogens with zero attached hydrogens (tertiary/aromatic N) is 4. The van der Waals surface area contributed by atoms with Gasteiger partial charge in [-0.2, -0.15) is 5.26 Å². The summed E-state index contributed by atoms with van der Waals surface area (Å²) in [4.78, 5) is 20.9. The number of ether oxygens (including phenoxy) is 1. The molecule has 0 saturated carbocycles. The molecule has 0 atom stereocenters. The number of aromatic nitrogens is 1. The molecule has 1 aliphatic rings. The van der Waals surface area contributed by atoms with Gasteiger partial charge in [-0.1, -0.05) is 18.2 Å². The first-order chi connectivity index (χ1) is 14.2. The van der Waals surface area contributed by atoms with Crippen LogP contribution < -0.4 is 15.0 Å². The maximum absolute atomic E-state index is 12.4. The molecule has 0 bridgehead atoms. The third-order valence-electron chi connectivity index (χ3n) is 4.82. The van der Waals surface area contributed by atoms with Crippen molar-refractivity contribution in [1.82, 2.24) is 15.2 Å². The molecule has 1 amide bonds. The number of methoxy groups -OCH3 is 1. The van der Waals surface area contributed by atoms with Crippen LogP contribution in [0.2, 0.25) is 0 Å². The molecule has 1 aliphatic heterocycles. The van der Waals surface area contributed by atoms with Crippen LogP contribution in [0.5, 0.6) is 5.75 Å². The fraction of sp³-hybridized carbons (Fsp3) is 0.318. The maximum atomic E-state index is 12.4. The van der Waals surface area contributed by atoms with E-state index < -0.39 is 0 Å². The van der Waals surface area contributed by atoms with E-state index in [1.807, 2.05) is 53.4 Å². The van der Waals surface area contributed by atoms with Crippen LogP contribution in [-0.4, -0.2) is 55.6 Å². The van der Waals surface area contributed by atoms with Crippen molar-refractivity contribution in [3.05, 3.63) is 66.0 Å². The van der Waals surface area contributed by atoms with E-state index in [0.717, 1.165) is 43.3 Å². The third kappa shape index (κ3) is 5.72. The first-order valence-corrected chi connectivity index (χ1v) is 9.62. The van der Waals surface area contributed by atoms with Crippen LogP contribution in [0.15, 0.2) is 60.4 Å². The predicted molar refractivity (Wildman–Crippen MR) is 111 cm³/mol. The van der Waals surface area contributed by atoms with E-state index in [-0.39, 0.29) is 11.5 Å². The fourth-order valence-corrected chi connectivity index (χ4v) is 3.15. The molecular formula is C22H25N5O2. The number of anilines is 1. The van der Waals surface area contributed by atoms with Gasteiger partial charge in [-0.05, 0) is 36.2 Å². The minimum absolute atomic E-state index is 0.131. The summed E-state index contributed by atoms with van der Waals surface area (Å²) >= 11 is 0. The van der Waals surface area contributed by atoms with Gasteiger partial charge in [-0.25, -0.2) is 4.98 Å². The Balaban J connectivity index is 1.47. The van der Waals surface area contributed by atoms with Gasteiger partial charge in [0.15, 0.2) is 0 Å². The topological polar surface area (TPSA) is 81.5 Å². The Morgan fingerprint density at radius 3 is 2.59 bits per heavy atom. The quantitative estimate of drug-likeness (QED) is 0.574. The largest absolute Gasteiger partial charge is 0.497 e. The monoisotopic (exact) mass is 391 g/mol. The van der Waals surface area contributed by atoms with Crippen molar-refractivity contribution in [3.8, 4) is 11.8 Å². The third-order valence-corrected chi connectivity index (χ3v) is 4.82. The summed E-state index contributed by atoms with van der Waals surface area (Å²) in [5.41, 5.74) is 1.23. The first-order valence-electron chi connectivity index (χ1n) is 9.62. The number of benzene rings is 1. The fourth-order valence-electron chi connectivity index (χ4n) is 3.15. The molecule has 0 unspecified atom stereocenters. The van der Waals surface area contributed by atoms with E-state index in [1.54, 1.807) is 19.5 Å². The molecule has 1 aromatic carbocycles. The van der Waals surface area contributed by atoms with Gasteiger partial charge in [-0.3, -0.25) is 4.79 Å². The number of hydrogen-bond acceptors (Lipinski definition) is 6. The zero-order chi connectivity index (χ0) is 20.5. The first kappa shape index (κ1) is 20.2. The minimum Gasteiger partial charge on any atom is -0.497 e. The summed E-state index contributed by atoms with van der Waals surface area (Å²) in [7, 11) is 1.63. The van der Waals surface area contributed by atoms with Crippen molar-refractivity contribution in [3.63, 3.8) is 0 Å². The average Bonchev–Trinajstić information content (AvgIpc) is 2.79. The van der Waals surface area contributed by atoms with Gasteiger partial charge in [0.2, 0.25) is 0 Å². The van der Waals surface area contributed by atoms with Crippen molar-refractivity contribution in [1.29, 1.82) is 5.26 Å². The zero-order valence-corrected chi connectivity index (χ0v) is 16.5. The van der Waals surface area contributed by atoms with Crippen LogP contribution in [0.4, 0.5) is 5.82 Å².